The van der Waals surface area contributed by atoms with E-state index in [1.165, 1.54) is 19.2 Å². The Labute approximate surface area is 151 Å². The van der Waals surface area contributed by atoms with E-state index >= 15 is 0 Å². The molecule has 7 heteroatoms. The van der Waals surface area contributed by atoms with Gasteiger partial charge in [0.2, 0.25) is 0 Å². The minimum Gasteiger partial charge on any atom is -0.496 e. The Bertz CT molecular complexity index is 1030. The zero-order valence-electron chi connectivity index (χ0n) is 14.2. The van der Waals surface area contributed by atoms with E-state index < -0.39 is 15.8 Å². The lowest BCUT2D eigenvalue weighted by atomic mass is 10.0. The number of nitrogens with one attached hydrogen (secondary N) is 1. The molecular weight excluding hydrogens is 355 g/mol. The van der Waals surface area contributed by atoms with Crippen molar-refractivity contribution in [1.29, 1.82) is 0 Å². The van der Waals surface area contributed by atoms with E-state index in [1.807, 2.05) is 13.0 Å². The van der Waals surface area contributed by atoms with Crippen LogP contribution >= 0.6 is 0 Å². The van der Waals surface area contributed by atoms with Gasteiger partial charge in [-0.05, 0) is 55.0 Å². The summed E-state index contributed by atoms with van der Waals surface area (Å²) in [5.74, 6) is 0.0159. The van der Waals surface area contributed by atoms with Crippen molar-refractivity contribution in [3.63, 3.8) is 0 Å². The highest BCUT2D eigenvalue weighted by molar-refractivity contribution is 7.92. The van der Waals surface area contributed by atoms with Crippen molar-refractivity contribution in [2.45, 2.75) is 11.8 Å². The quantitative estimate of drug-likeness (QED) is 0.735. The molecule has 0 aliphatic rings. The molecular formula is C19H17FN2O3S. The fourth-order valence-corrected chi connectivity index (χ4v) is 3.60. The molecule has 0 aliphatic carbocycles. The lowest BCUT2D eigenvalue weighted by Gasteiger charge is -2.14. The molecule has 26 heavy (non-hydrogen) atoms. The monoisotopic (exact) mass is 372 g/mol. The van der Waals surface area contributed by atoms with Gasteiger partial charge in [0.25, 0.3) is 10.0 Å². The summed E-state index contributed by atoms with van der Waals surface area (Å²) in [5.41, 5.74) is 3.08. The Morgan fingerprint density at radius 3 is 2.42 bits per heavy atom. The summed E-state index contributed by atoms with van der Waals surface area (Å²) in [4.78, 5) is 4.11. The largest absolute Gasteiger partial charge is 0.496 e. The number of aryl methyl sites for hydroxylation is 1. The van der Waals surface area contributed by atoms with Crippen molar-refractivity contribution in [3.8, 4) is 16.9 Å². The predicted molar refractivity (Wildman–Crippen MR) is 98.2 cm³/mol. The van der Waals surface area contributed by atoms with E-state index in [1.54, 1.807) is 30.6 Å². The first-order chi connectivity index (χ1) is 12.4. The van der Waals surface area contributed by atoms with Gasteiger partial charge in [0.1, 0.15) is 11.6 Å². The first kappa shape index (κ1) is 17.9. The van der Waals surface area contributed by atoms with Gasteiger partial charge < -0.3 is 4.74 Å². The van der Waals surface area contributed by atoms with Gasteiger partial charge in [-0.3, -0.25) is 9.71 Å². The maximum atomic E-state index is 13.0. The molecule has 0 spiro atoms. The highest BCUT2D eigenvalue weighted by Crippen LogP contribution is 2.34. The summed E-state index contributed by atoms with van der Waals surface area (Å²) in [6.45, 7) is 1.96. The SMILES string of the molecule is COc1cc(NS(=O)(=O)c2ccc(F)cc2)ccc1-c1cnccc1C. The van der Waals surface area contributed by atoms with Crippen LogP contribution in [0.3, 0.4) is 0 Å². The van der Waals surface area contributed by atoms with Crippen molar-refractivity contribution in [3.05, 3.63) is 72.3 Å². The van der Waals surface area contributed by atoms with Crippen molar-refractivity contribution in [2.24, 2.45) is 0 Å². The first-order valence-corrected chi connectivity index (χ1v) is 9.26. The maximum absolute atomic E-state index is 13.0. The number of hydrogen-bond acceptors (Lipinski definition) is 4. The Balaban J connectivity index is 1.95. The Morgan fingerprint density at radius 2 is 1.77 bits per heavy atom. The average Bonchev–Trinajstić information content (AvgIpc) is 2.62. The number of hydrogen-bond donors (Lipinski definition) is 1. The second-order valence-electron chi connectivity index (χ2n) is 5.67. The number of benzene rings is 2. The summed E-state index contributed by atoms with van der Waals surface area (Å²) in [6.07, 6.45) is 3.44. The van der Waals surface area contributed by atoms with Crippen molar-refractivity contribution < 1.29 is 17.5 Å². The lowest BCUT2D eigenvalue weighted by Crippen LogP contribution is -2.13. The zero-order valence-corrected chi connectivity index (χ0v) is 15.0. The molecule has 0 saturated carbocycles. The molecule has 0 unspecified atom stereocenters. The van der Waals surface area contributed by atoms with Gasteiger partial charge in [0.15, 0.2) is 0 Å². The molecule has 3 aromatic rings. The number of halogens is 1. The lowest BCUT2D eigenvalue weighted by molar-refractivity contribution is 0.416. The van der Waals surface area contributed by atoms with E-state index in [0.717, 1.165) is 28.8 Å². The Morgan fingerprint density at radius 1 is 1.04 bits per heavy atom. The molecule has 3 rings (SSSR count). The van der Waals surface area contributed by atoms with E-state index in [2.05, 4.69) is 9.71 Å². The van der Waals surface area contributed by atoms with Gasteiger partial charge >= 0.3 is 0 Å². The second-order valence-corrected chi connectivity index (χ2v) is 7.35. The molecule has 0 atom stereocenters. The maximum Gasteiger partial charge on any atom is 0.261 e. The Hall–Kier alpha value is -2.93. The van der Waals surface area contributed by atoms with Gasteiger partial charge in [0.05, 0.1) is 17.7 Å². The molecule has 0 radical (unpaired) electrons. The minimum atomic E-state index is -3.83. The first-order valence-electron chi connectivity index (χ1n) is 7.78. The third-order valence-electron chi connectivity index (χ3n) is 3.91. The normalized spacial score (nSPS) is 11.2. The van der Waals surface area contributed by atoms with Gasteiger partial charge in [-0.25, -0.2) is 12.8 Å². The van der Waals surface area contributed by atoms with Crippen molar-refractivity contribution >= 4 is 15.7 Å². The average molecular weight is 372 g/mol. The molecule has 0 amide bonds. The number of anilines is 1. The van der Waals surface area contributed by atoms with Gasteiger partial charge in [-0.2, -0.15) is 0 Å². The highest BCUT2D eigenvalue weighted by Gasteiger charge is 2.16. The van der Waals surface area contributed by atoms with Crippen LogP contribution in [0.2, 0.25) is 0 Å². The molecule has 0 saturated heterocycles. The van der Waals surface area contributed by atoms with E-state index in [4.69, 9.17) is 4.74 Å². The molecule has 1 heterocycles. The van der Waals surface area contributed by atoms with Crippen LogP contribution < -0.4 is 9.46 Å². The fraction of sp³-hybridized carbons (Fsp3) is 0.105. The molecule has 0 bridgehead atoms. The van der Waals surface area contributed by atoms with Crippen LogP contribution in [0.5, 0.6) is 5.75 Å². The van der Waals surface area contributed by atoms with Crippen LogP contribution in [0.25, 0.3) is 11.1 Å². The van der Waals surface area contributed by atoms with Crippen LogP contribution in [0, 0.1) is 12.7 Å². The van der Waals surface area contributed by atoms with Crippen LogP contribution in [0.1, 0.15) is 5.56 Å². The van der Waals surface area contributed by atoms with Crippen LogP contribution in [-0.2, 0) is 10.0 Å². The number of rotatable bonds is 5. The molecule has 2 aromatic carbocycles. The summed E-state index contributed by atoms with van der Waals surface area (Å²) in [5, 5.41) is 0. The number of ether oxygens (including phenoxy) is 1. The van der Waals surface area contributed by atoms with Gasteiger partial charge in [-0.1, -0.05) is 0 Å². The molecule has 134 valence electrons. The smallest absolute Gasteiger partial charge is 0.261 e. The molecule has 1 aromatic heterocycles. The number of sulfonamides is 1. The van der Waals surface area contributed by atoms with Gasteiger partial charge in [0, 0.05) is 29.6 Å². The van der Waals surface area contributed by atoms with Gasteiger partial charge in [-0.15, -0.1) is 0 Å². The minimum absolute atomic E-state index is 0.0231. The van der Waals surface area contributed by atoms with E-state index in [9.17, 15) is 12.8 Å². The van der Waals surface area contributed by atoms with E-state index in [0.29, 0.717) is 11.4 Å². The third-order valence-corrected chi connectivity index (χ3v) is 5.30. The van der Waals surface area contributed by atoms with Crippen LogP contribution in [0.15, 0.2) is 65.8 Å². The zero-order chi connectivity index (χ0) is 18.7. The van der Waals surface area contributed by atoms with Crippen molar-refractivity contribution in [1.82, 2.24) is 4.98 Å². The number of pyridine rings is 1. The second kappa shape index (κ2) is 7.13. The number of nitrogens with zero attached hydrogens (tertiary/aromatic N) is 1. The topological polar surface area (TPSA) is 68.3 Å². The summed E-state index contributed by atoms with van der Waals surface area (Å²) in [6, 6.07) is 11.5. The summed E-state index contributed by atoms with van der Waals surface area (Å²) in [7, 11) is -2.31. The summed E-state index contributed by atoms with van der Waals surface area (Å²) >= 11 is 0. The number of methoxy groups -OCH3 is 1. The molecule has 5 nitrogen and oxygen atoms in total. The highest BCUT2D eigenvalue weighted by atomic mass is 32.2. The standard InChI is InChI=1S/C19H17FN2O3S/c1-13-9-10-21-12-18(13)17-8-5-15(11-19(17)25-2)22-26(23,24)16-6-3-14(20)4-7-16/h3-12,22H,1-2H3. The van der Waals surface area contributed by atoms with Crippen LogP contribution in [-0.4, -0.2) is 20.5 Å². The predicted octanol–water partition coefficient (Wildman–Crippen LogP) is 4.01. The fourth-order valence-electron chi connectivity index (χ4n) is 2.55. The number of aromatic nitrogens is 1. The van der Waals surface area contributed by atoms with Crippen LogP contribution in [0.4, 0.5) is 10.1 Å². The Kier molecular flexibility index (Phi) is 4.90. The molecule has 0 aliphatic heterocycles. The summed E-state index contributed by atoms with van der Waals surface area (Å²) < 4.78 is 45.8. The third kappa shape index (κ3) is 3.67. The van der Waals surface area contributed by atoms with Crippen molar-refractivity contribution in [2.75, 3.05) is 11.8 Å². The van der Waals surface area contributed by atoms with E-state index in [-0.39, 0.29) is 4.90 Å². The molecule has 1 N–H and O–H groups in total. The molecule has 0 fully saturated rings.